The molecule has 0 aromatic rings. The molecule has 3 N–H and O–H groups in total. The number of hydrogen-bond acceptors (Lipinski definition) is 4. The van der Waals surface area contributed by atoms with Crippen LogP contribution >= 0.6 is 0 Å². The van der Waals surface area contributed by atoms with E-state index in [0.717, 1.165) is 0 Å². The smallest absolute Gasteiger partial charge is 0.408 e. The summed E-state index contributed by atoms with van der Waals surface area (Å²) in [5.74, 6) is -1.29. The molecule has 16 heavy (non-hydrogen) atoms. The second kappa shape index (κ2) is 7.70. The van der Waals surface area contributed by atoms with E-state index in [1.54, 1.807) is 6.92 Å². The number of carboxylic acid groups (broad SMARTS) is 1. The Morgan fingerprint density at radius 2 is 2.19 bits per heavy atom. The van der Waals surface area contributed by atoms with Crippen molar-refractivity contribution >= 4 is 12.1 Å². The molecule has 2 unspecified atom stereocenters. The van der Waals surface area contributed by atoms with Gasteiger partial charge in [-0.15, -0.1) is 0 Å². The van der Waals surface area contributed by atoms with E-state index in [2.05, 4.69) is 16.6 Å². The van der Waals surface area contributed by atoms with Crippen molar-refractivity contribution in [3.05, 3.63) is 12.7 Å². The third kappa shape index (κ3) is 5.35. The molecule has 0 saturated carbocycles. The summed E-state index contributed by atoms with van der Waals surface area (Å²) in [5, 5.41) is 20.4. The monoisotopic (exact) mass is 231 g/mol. The van der Waals surface area contributed by atoms with Crippen molar-refractivity contribution in [3.8, 4) is 0 Å². The van der Waals surface area contributed by atoms with E-state index < -0.39 is 24.2 Å². The Bertz CT molecular complexity index is 254. The number of carbonyl (C=O) groups excluding carboxylic acids is 1. The number of alkyl carbamates (subject to hydrolysis) is 1. The molecule has 0 saturated heterocycles. The molecule has 6 heteroatoms. The van der Waals surface area contributed by atoms with Crippen molar-refractivity contribution in [3.63, 3.8) is 0 Å². The van der Waals surface area contributed by atoms with E-state index in [1.165, 1.54) is 6.08 Å². The molecule has 0 bridgehead atoms. The van der Waals surface area contributed by atoms with Gasteiger partial charge in [0.05, 0.1) is 6.10 Å². The number of aliphatic carboxylic acids is 1. The Morgan fingerprint density at radius 1 is 1.56 bits per heavy atom. The summed E-state index contributed by atoms with van der Waals surface area (Å²) in [4.78, 5) is 21.8. The number of hydrogen-bond donors (Lipinski definition) is 3. The average Bonchev–Trinajstić information content (AvgIpc) is 2.22. The molecule has 0 rings (SSSR count). The number of rotatable bonds is 7. The molecule has 1 amide bonds. The van der Waals surface area contributed by atoms with Gasteiger partial charge in [-0.1, -0.05) is 26.0 Å². The Morgan fingerprint density at radius 3 is 2.62 bits per heavy atom. The van der Waals surface area contributed by atoms with Gasteiger partial charge in [0.15, 0.2) is 6.04 Å². The van der Waals surface area contributed by atoms with Gasteiger partial charge >= 0.3 is 12.1 Å². The summed E-state index contributed by atoms with van der Waals surface area (Å²) in [7, 11) is 0. The van der Waals surface area contributed by atoms with Crippen LogP contribution in [0.2, 0.25) is 0 Å². The number of carboxylic acids is 1. The zero-order valence-electron chi connectivity index (χ0n) is 9.18. The standard InChI is InChI=1S/C10H17NO5/c1-3-5-7(12)8(9(13)14)11-10(15)16-6-4-2/h4,7-8,12H,2-3,5-6H2,1H3,(H,11,15)(H,13,14). The van der Waals surface area contributed by atoms with E-state index in [0.29, 0.717) is 12.8 Å². The summed E-state index contributed by atoms with van der Waals surface area (Å²) in [6, 6.07) is -1.35. The van der Waals surface area contributed by atoms with Gasteiger partial charge in [0.25, 0.3) is 0 Å². The van der Waals surface area contributed by atoms with Gasteiger partial charge in [0.1, 0.15) is 6.61 Å². The first kappa shape index (κ1) is 14.4. The van der Waals surface area contributed by atoms with E-state index in [-0.39, 0.29) is 6.61 Å². The molecule has 0 heterocycles. The molecule has 0 aromatic heterocycles. The van der Waals surface area contributed by atoms with E-state index >= 15 is 0 Å². The third-order valence-electron chi connectivity index (χ3n) is 1.84. The lowest BCUT2D eigenvalue weighted by molar-refractivity contribution is -0.142. The molecule has 2 atom stereocenters. The summed E-state index contributed by atoms with van der Waals surface area (Å²) in [6.07, 6.45) is 0.256. The van der Waals surface area contributed by atoms with Gasteiger partial charge in [0.2, 0.25) is 0 Å². The molecule has 92 valence electrons. The maximum atomic E-state index is 11.1. The Labute approximate surface area is 93.9 Å². The highest BCUT2D eigenvalue weighted by Crippen LogP contribution is 2.03. The molecule has 0 aliphatic heterocycles. The number of aliphatic hydroxyl groups excluding tert-OH is 1. The van der Waals surface area contributed by atoms with Gasteiger partial charge in [-0.3, -0.25) is 0 Å². The fourth-order valence-electron chi connectivity index (χ4n) is 1.09. The predicted octanol–water partition coefficient (Wildman–Crippen LogP) is 0.513. The highest BCUT2D eigenvalue weighted by Gasteiger charge is 2.27. The zero-order valence-corrected chi connectivity index (χ0v) is 9.18. The number of ether oxygens (including phenoxy) is 1. The van der Waals surface area contributed by atoms with Gasteiger partial charge in [0, 0.05) is 0 Å². The van der Waals surface area contributed by atoms with Crippen molar-refractivity contribution in [2.24, 2.45) is 0 Å². The lowest BCUT2D eigenvalue weighted by Gasteiger charge is -2.19. The molecule has 0 fully saturated rings. The number of carbonyl (C=O) groups is 2. The first-order valence-corrected chi connectivity index (χ1v) is 4.98. The molecule has 0 aliphatic rings. The molecule has 0 aliphatic carbocycles. The predicted molar refractivity (Wildman–Crippen MR) is 57.0 cm³/mol. The third-order valence-corrected chi connectivity index (χ3v) is 1.84. The second-order valence-electron chi connectivity index (χ2n) is 3.20. The Hall–Kier alpha value is -1.56. The molecular formula is C10H17NO5. The van der Waals surface area contributed by atoms with Crippen LogP contribution < -0.4 is 5.32 Å². The molecule has 0 spiro atoms. The first-order chi connectivity index (χ1) is 7.52. The fraction of sp³-hybridized carbons (Fsp3) is 0.600. The maximum Gasteiger partial charge on any atom is 0.408 e. The Balaban J connectivity index is 4.27. The van der Waals surface area contributed by atoms with E-state index in [9.17, 15) is 14.7 Å². The second-order valence-corrected chi connectivity index (χ2v) is 3.20. The summed E-state index contributed by atoms with van der Waals surface area (Å²) in [6.45, 7) is 5.13. The lowest BCUT2D eigenvalue weighted by Crippen LogP contribution is -2.48. The van der Waals surface area contributed by atoms with Gasteiger partial charge in [-0.2, -0.15) is 0 Å². The van der Waals surface area contributed by atoms with Crippen molar-refractivity contribution < 1.29 is 24.5 Å². The first-order valence-electron chi connectivity index (χ1n) is 4.98. The molecule has 0 radical (unpaired) electrons. The molecule has 6 nitrogen and oxygen atoms in total. The minimum atomic E-state index is -1.35. The van der Waals surface area contributed by atoms with Crippen molar-refractivity contribution in [1.29, 1.82) is 0 Å². The average molecular weight is 231 g/mol. The topological polar surface area (TPSA) is 95.9 Å². The summed E-state index contributed by atoms with van der Waals surface area (Å²) < 4.78 is 4.56. The van der Waals surface area contributed by atoms with Crippen LogP contribution in [0, 0.1) is 0 Å². The SMILES string of the molecule is C=CCOC(=O)NC(C(=O)O)C(O)CCC. The van der Waals surface area contributed by atoms with Gasteiger partial charge in [-0.25, -0.2) is 9.59 Å². The van der Waals surface area contributed by atoms with Crippen LogP contribution in [0.15, 0.2) is 12.7 Å². The van der Waals surface area contributed by atoms with Gasteiger partial charge in [-0.05, 0) is 6.42 Å². The van der Waals surface area contributed by atoms with Crippen LogP contribution in [-0.2, 0) is 9.53 Å². The quantitative estimate of drug-likeness (QED) is 0.555. The van der Waals surface area contributed by atoms with Gasteiger partial charge < -0.3 is 20.3 Å². The zero-order chi connectivity index (χ0) is 12.6. The largest absolute Gasteiger partial charge is 0.480 e. The number of amides is 1. The van der Waals surface area contributed by atoms with Crippen molar-refractivity contribution in [2.75, 3.05) is 6.61 Å². The minimum Gasteiger partial charge on any atom is -0.480 e. The minimum absolute atomic E-state index is 0.0119. The number of nitrogens with one attached hydrogen (secondary N) is 1. The maximum absolute atomic E-state index is 11.1. The lowest BCUT2D eigenvalue weighted by atomic mass is 10.1. The highest BCUT2D eigenvalue weighted by molar-refractivity contribution is 5.80. The number of aliphatic hydroxyl groups is 1. The van der Waals surface area contributed by atoms with Crippen LogP contribution in [0.1, 0.15) is 19.8 Å². The van der Waals surface area contributed by atoms with E-state index in [1.807, 2.05) is 0 Å². The van der Waals surface area contributed by atoms with Crippen molar-refractivity contribution in [1.82, 2.24) is 5.32 Å². The van der Waals surface area contributed by atoms with Crippen molar-refractivity contribution in [2.45, 2.75) is 31.9 Å². The van der Waals surface area contributed by atoms with Crippen LogP contribution in [0.5, 0.6) is 0 Å². The normalized spacial score (nSPS) is 13.6. The van der Waals surface area contributed by atoms with E-state index in [4.69, 9.17) is 5.11 Å². The molecular weight excluding hydrogens is 214 g/mol. The van der Waals surface area contributed by atoms with Crippen LogP contribution in [0.4, 0.5) is 4.79 Å². The van der Waals surface area contributed by atoms with Crippen LogP contribution in [0.25, 0.3) is 0 Å². The van der Waals surface area contributed by atoms with Crippen LogP contribution in [-0.4, -0.2) is 41.0 Å². The summed E-state index contributed by atoms with van der Waals surface area (Å²) >= 11 is 0. The summed E-state index contributed by atoms with van der Waals surface area (Å²) in [5.41, 5.74) is 0. The fourth-order valence-corrected chi connectivity index (χ4v) is 1.09. The van der Waals surface area contributed by atoms with Crippen LogP contribution in [0.3, 0.4) is 0 Å². The molecule has 0 aromatic carbocycles. The highest BCUT2D eigenvalue weighted by atomic mass is 16.5. The Kier molecular flexibility index (Phi) is 6.95.